The van der Waals surface area contributed by atoms with Crippen molar-refractivity contribution in [2.45, 2.75) is 57.8 Å². The van der Waals surface area contributed by atoms with Gasteiger partial charge in [0.2, 0.25) is 0 Å². The van der Waals surface area contributed by atoms with E-state index in [1.165, 1.54) is 25.7 Å². The lowest BCUT2D eigenvalue weighted by Crippen LogP contribution is -2.38. The van der Waals surface area contributed by atoms with E-state index in [4.69, 9.17) is 9.47 Å². The summed E-state index contributed by atoms with van der Waals surface area (Å²) in [6.07, 6.45) is 4.66. The lowest BCUT2D eigenvalue weighted by atomic mass is 10.2. The van der Waals surface area contributed by atoms with Crippen molar-refractivity contribution < 1.29 is 14.6 Å². The monoisotopic (exact) mass is 259 g/mol. The first-order valence-electron chi connectivity index (χ1n) is 7.20. The number of hydrogen-bond acceptors (Lipinski definition) is 4. The molecule has 0 aromatic carbocycles. The van der Waals surface area contributed by atoms with Crippen molar-refractivity contribution in [2.75, 3.05) is 33.4 Å². The van der Waals surface area contributed by atoms with Crippen LogP contribution in [0.5, 0.6) is 0 Å². The minimum atomic E-state index is -0.387. The van der Waals surface area contributed by atoms with Crippen LogP contribution in [0.15, 0.2) is 0 Å². The van der Waals surface area contributed by atoms with Crippen molar-refractivity contribution in [3.05, 3.63) is 0 Å². The molecule has 1 aliphatic rings. The number of methoxy groups -OCH3 is 1. The van der Waals surface area contributed by atoms with Crippen molar-refractivity contribution in [3.63, 3.8) is 0 Å². The van der Waals surface area contributed by atoms with E-state index >= 15 is 0 Å². The summed E-state index contributed by atoms with van der Waals surface area (Å²) < 4.78 is 10.5. The third-order valence-corrected chi connectivity index (χ3v) is 3.28. The van der Waals surface area contributed by atoms with Crippen LogP contribution in [0.25, 0.3) is 0 Å². The molecule has 0 heterocycles. The minimum Gasteiger partial charge on any atom is -0.389 e. The van der Waals surface area contributed by atoms with Gasteiger partial charge in [0.15, 0.2) is 0 Å². The first kappa shape index (κ1) is 15.9. The van der Waals surface area contributed by atoms with Gasteiger partial charge < -0.3 is 14.6 Å². The summed E-state index contributed by atoms with van der Waals surface area (Å²) in [4.78, 5) is 2.42. The van der Waals surface area contributed by atoms with Gasteiger partial charge >= 0.3 is 0 Å². The van der Waals surface area contributed by atoms with Gasteiger partial charge in [-0.3, -0.25) is 4.90 Å². The number of nitrogens with zero attached hydrogens (tertiary/aromatic N) is 1. The van der Waals surface area contributed by atoms with E-state index < -0.39 is 0 Å². The second kappa shape index (κ2) is 8.86. The summed E-state index contributed by atoms with van der Waals surface area (Å²) in [5.41, 5.74) is 0. The fourth-order valence-electron chi connectivity index (χ4n) is 2.11. The Kier molecular flexibility index (Phi) is 7.82. The van der Waals surface area contributed by atoms with Gasteiger partial charge in [-0.05, 0) is 32.7 Å². The van der Waals surface area contributed by atoms with E-state index in [-0.39, 0.29) is 12.2 Å². The van der Waals surface area contributed by atoms with Crippen molar-refractivity contribution in [1.82, 2.24) is 4.90 Å². The molecule has 1 saturated carbocycles. The van der Waals surface area contributed by atoms with Crippen molar-refractivity contribution in [3.8, 4) is 0 Å². The maximum Gasteiger partial charge on any atom is 0.0900 e. The summed E-state index contributed by atoms with van der Waals surface area (Å²) in [7, 11) is 1.66. The van der Waals surface area contributed by atoms with Gasteiger partial charge in [-0.2, -0.15) is 0 Å². The smallest absolute Gasteiger partial charge is 0.0900 e. The molecule has 0 aromatic heterocycles. The van der Waals surface area contributed by atoms with Gasteiger partial charge in [-0.15, -0.1) is 0 Å². The third kappa shape index (κ3) is 6.69. The van der Waals surface area contributed by atoms with Gasteiger partial charge in [-0.25, -0.2) is 0 Å². The highest BCUT2D eigenvalue weighted by atomic mass is 16.5. The first-order valence-corrected chi connectivity index (χ1v) is 7.20. The Labute approximate surface area is 111 Å². The molecule has 0 bridgehead atoms. The molecule has 0 radical (unpaired) electrons. The standard InChI is InChI=1S/C14H29NO3/c1-4-5-8-15(13-6-7-13)9-14(16)11-18-12(2)10-17-3/h12-14,16H,4-11H2,1-3H3. The number of aliphatic hydroxyl groups is 1. The van der Waals surface area contributed by atoms with E-state index in [1.54, 1.807) is 7.11 Å². The van der Waals surface area contributed by atoms with E-state index in [9.17, 15) is 5.11 Å². The van der Waals surface area contributed by atoms with Crippen LogP contribution in [0.4, 0.5) is 0 Å². The maximum absolute atomic E-state index is 10.0. The summed E-state index contributed by atoms with van der Waals surface area (Å²) >= 11 is 0. The van der Waals surface area contributed by atoms with Crippen LogP contribution >= 0.6 is 0 Å². The first-order chi connectivity index (χ1) is 8.67. The molecule has 4 nitrogen and oxygen atoms in total. The molecule has 4 heteroatoms. The molecule has 0 amide bonds. The second-order valence-corrected chi connectivity index (χ2v) is 5.33. The molecule has 108 valence electrons. The number of aliphatic hydroxyl groups excluding tert-OH is 1. The predicted molar refractivity (Wildman–Crippen MR) is 72.8 cm³/mol. The number of rotatable bonds is 11. The molecule has 0 aromatic rings. The van der Waals surface area contributed by atoms with Crippen molar-refractivity contribution in [1.29, 1.82) is 0 Å². The lowest BCUT2D eigenvalue weighted by Gasteiger charge is -2.25. The van der Waals surface area contributed by atoms with Gasteiger partial charge in [0.1, 0.15) is 0 Å². The maximum atomic E-state index is 10.0. The van der Waals surface area contributed by atoms with Crippen molar-refractivity contribution in [2.24, 2.45) is 0 Å². The number of hydrogen-bond donors (Lipinski definition) is 1. The Balaban J connectivity index is 2.17. The molecule has 1 aliphatic carbocycles. The van der Waals surface area contributed by atoms with Crippen LogP contribution < -0.4 is 0 Å². The zero-order chi connectivity index (χ0) is 13.4. The predicted octanol–water partition coefficient (Wildman–Crippen LogP) is 1.66. The summed E-state index contributed by atoms with van der Waals surface area (Å²) in [5, 5.41) is 10.0. The average molecular weight is 259 g/mol. The fourth-order valence-corrected chi connectivity index (χ4v) is 2.11. The molecule has 2 unspecified atom stereocenters. The van der Waals surface area contributed by atoms with E-state index in [0.717, 1.165) is 13.1 Å². The summed E-state index contributed by atoms with van der Waals surface area (Å²) in [6, 6.07) is 0.711. The largest absolute Gasteiger partial charge is 0.389 e. The van der Waals surface area contributed by atoms with Crippen LogP contribution in [0, 0.1) is 0 Å². The van der Waals surface area contributed by atoms with Crippen molar-refractivity contribution >= 4 is 0 Å². The van der Waals surface area contributed by atoms with Crippen LogP contribution in [0.3, 0.4) is 0 Å². The molecule has 1 rings (SSSR count). The molecular weight excluding hydrogens is 230 g/mol. The highest BCUT2D eigenvalue weighted by Crippen LogP contribution is 2.27. The molecule has 1 N–H and O–H groups in total. The van der Waals surface area contributed by atoms with E-state index in [1.807, 2.05) is 6.92 Å². The van der Waals surface area contributed by atoms with Crippen LogP contribution in [0.2, 0.25) is 0 Å². The number of ether oxygens (including phenoxy) is 2. The zero-order valence-corrected chi connectivity index (χ0v) is 12.1. The minimum absolute atomic E-state index is 0.0506. The highest BCUT2D eigenvalue weighted by Gasteiger charge is 2.29. The van der Waals surface area contributed by atoms with Gasteiger partial charge in [0, 0.05) is 19.7 Å². The Morgan fingerprint density at radius 2 is 2.06 bits per heavy atom. The van der Waals surface area contributed by atoms with Crippen LogP contribution in [-0.4, -0.2) is 61.7 Å². The molecule has 0 aliphatic heterocycles. The van der Waals surface area contributed by atoms with Crippen LogP contribution in [-0.2, 0) is 9.47 Å². The van der Waals surface area contributed by atoms with E-state index in [0.29, 0.717) is 19.3 Å². The molecule has 2 atom stereocenters. The third-order valence-electron chi connectivity index (χ3n) is 3.28. The van der Waals surface area contributed by atoms with Crippen LogP contribution in [0.1, 0.15) is 39.5 Å². The summed E-state index contributed by atoms with van der Waals surface area (Å²) in [5.74, 6) is 0. The molecular formula is C14H29NO3. The molecule has 0 spiro atoms. The normalized spacial score (nSPS) is 19.2. The molecule has 1 fully saturated rings. The average Bonchev–Trinajstić information content (AvgIpc) is 3.16. The highest BCUT2D eigenvalue weighted by molar-refractivity contribution is 4.85. The molecule has 18 heavy (non-hydrogen) atoms. The Hall–Kier alpha value is -0.160. The van der Waals surface area contributed by atoms with Gasteiger partial charge in [0.25, 0.3) is 0 Å². The fraction of sp³-hybridized carbons (Fsp3) is 1.00. The topological polar surface area (TPSA) is 41.9 Å². The van der Waals surface area contributed by atoms with Gasteiger partial charge in [-0.1, -0.05) is 13.3 Å². The Morgan fingerprint density at radius 3 is 2.61 bits per heavy atom. The second-order valence-electron chi connectivity index (χ2n) is 5.33. The van der Waals surface area contributed by atoms with E-state index in [2.05, 4.69) is 11.8 Å². The Morgan fingerprint density at radius 1 is 1.33 bits per heavy atom. The Bertz CT molecular complexity index is 209. The lowest BCUT2D eigenvalue weighted by molar-refractivity contribution is -0.0403. The quantitative estimate of drug-likeness (QED) is 0.613. The zero-order valence-electron chi connectivity index (χ0n) is 12.1. The SMILES string of the molecule is CCCCN(CC(O)COC(C)COC)C1CC1. The number of unbranched alkanes of at least 4 members (excludes halogenated alkanes) is 1. The summed E-state index contributed by atoms with van der Waals surface area (Å²) in [6.45, 7) is 6.99. The molecule has 0 saturated heterocycles. The van der Waals surface area contributed by atoms with Gasteiger partial charge in [0.05, 0.1) is 25.4 Å².